The van der Waals surface area contributed by atoms with Gasteiger partial charge in [0.15, 0.2) is 0 Å². The minimum Gasteiger partial charge on any atom is -0.493 e. The highest BCUT2D eigenvalue weighted by Crippen LogP contribution is 2.62. The summed E-state index contributed by atoms with van der Waals surface area (Å²) < 4.78 is 20.6. The number of hydrogen-bond acceptors (Lipinski definition) is 9. The van der Waals surface area contributed by atoms with Gasteiger partial charge in [-0.2, -0.15) is 11.8 Å². The second-order valence-electron chi connectivity index (χ2n) is 14.0. The number of hydrogen-bond donors (Lipinski definition) is 2. The summed E-state index contributed by atoms with van der Waals surface area (Å²) in [4.78, 5) is 7.37. The number of oxime groups is 1. The lowest BCUT2D eigenvalue weighted by atomic mass is 9.56. The molecule has 6 atom stereocenters. The van der Waals surface area contributed by atoms with Crippen LogP contribution in [0.1, 0.15) is 68.9 Å². The monoisotopic (exact) mass is 757 g/mol. The first-order valence-corrected chi connectivity index (χ1v) is 21.3. The number of aliphatic hydroxyl groups is 2. The third-order valence-electron chi connectivity index (χ3n) is 10.6. The molecule has 0 spiro atoms. The summed E-state index contributed by atoms with van der Waals surface area (Å²) >= 11 is 3.64. The van der Waals surface area contributed by atoms with Gasteiger partial charge < -0.3 is 29.3 Å². The summed E-state index contributed by atoms with van der Waals surface area (Å²) in [5.41, 5.74) is 4.31. The Balaban J connectivity index is 1.42. The van der Waals surface area contributed by atoms with Crippen LogP contribution < -0.4 is 9.47 Å². The van der Waals surface area contributed by atoms with Crippen molar-refractivity contribution in [3.8, 4) is 11.5 Å². The molecule has 2 N–H and O–H groups in total. The Bertz CT molecular complexity index is 1650. The van der Waals surface area contributed by atoms with E-state index >= 15 is 0 Å². The lowest BCUT2D eigenvalue weighted by Gasteiger charge is -2.58. The van der Waals surface area contributed by atoms with Crippen LogP contribution in [-0.4, -0.2) is 64.9 Å². The number of aliphatic hydroxyl groups excluding tert-OH is 2. The summed E-state index contributed by atoms with van der Waals surface area (Å²) in [6.45, 7) is 7.90. The predicted molar refractivity (Wildman–Crippen MR) is 217 cm³/mol. The smallest absolute Gasteiger partial charge is 0.230 e. The van der Waals surface area contributed by atoms with Crippen LogP contribution in [-0.2, 0) is 16.2 Å². The average Bonchev–Trinajstić information content (AvgIpc) is 3.19. The summed E-state index contributed by atoms with van der Waals surface area (Å²) in [7, 11) is 0. The number of rotatable bonds is 21. The van der Waals surface area contributed by atoms with Gasteiger partial charge in [0.05, 0.1) is 30.1 Å². The van der Waals surface area contributed by atoms with Crippen molar-refractivity contribution in [2.24, 2.45) is 22.9 Å². The molecule has 1 aliphatic heterocycles. The van der Waals surface area contributed by atoms with Crippen molar-refractivity contribution in [1.29, 1.82) is 0 Å². The van der Waals surface area contributed by atoms with Gasteiger partial charge in [-0.15, -0.1) is 18.3 Å². The van der Waals surface area contributed by atoms with Gasteiger partial charge in [-0.05, 0) is 84.7 Å². The quantitative estimate of drug-likeness (QED) is 0.0481. The Labute approximate surface area is 324 Å². The first-order valence-electron chi connectivity index (χ1n) is 19.3. The second-order valence-corrected chi connectivity index (χ2v) is 16.6. The van der Waals surface area contributed by atoms with Gasteiger partial charge in [-0.3, -0.25) is 0 Å². The van der Waals surface area contributed by atoms with E-state index in [0.717, 1.165) is 83.9 Å². The third-order valence-corrected chi connectivity index (χ3v) is 12.8. The molecule has 3 aliphatic rings. The van der Waals surface area contributed by atoms with Crippen LogP contribution in [0.25, 0.3) is 0 Å². The van der Waals surface area contributed by atoms with Crippen molar-refractivity contribution in [3.63, 3.8) is 0 Å². The van der Waals surface area contributed by atoms with Gasteiger partial charge >= 0.3 is 0 Å². The molecule has 1 saturated carbocycles. The fraction of sp³-hybridized carbons (Fsp3) is 0.477. The summed E-state index contributed by atoms with van der Waals surface area (Å²) in [5, 5.41) is 24.5. The highest BCUT2D eigenvalue weighted by Gasteiger charge is 2.63. The number of benzene rings is 3. The second kappa shape index (κ2) is 19.9. The Morgan fingerprint density at radius 1 is 0.962 bits per heavy atom. The molecular formula is C44H55NO6S2. The molecule has 7 nitrogen and oxygen atoms in total. The van der Waals surface area contributed by atoms with Crippen LogP contribution in [0.3, 0.4) is 0 Å². The van der Waals surface area contributed by atoms with Crippen molar-refractivity contribution < 1.29 is 29.3 Å². The van der Waals surface area contributed by atoms with Gasteiger partial charge in [0, 0.05) is 41.8 Å². The first kappa shape index (κ1) is 39.5. The molecule has 1 heterocycles. The number of thioether (sulfide) groups is 2. The fourth-order valence-electron chi connectivity index (χ4n) is 8.36. The maximum atomic E-state index is 9.86. The van der Waals surface area contributed by atoms with Crippen molar-refractivity contribution in [1.82, 2.24) is 0 Å². The van der Waals surface area contributed by atoms with Crippen molar-refractivity contribution in [3.05, 3.63) is 114 Å². The van der Waals surface area contributed by atoms with Crippen LogP contribution in [0.4, 0.5) is 0 Å². The Kier molecular flexibility index (Phi) is 14.8. The van der Waals surface area contributed by atoms with Crippen molar-refractivity contribution >= 4 is 29.2 Å². The van der Waals surface area contributed by atoms with Crippen molar-refractivity contribution in [2.45, 2.75) is 80.3 Å². The molecule has 284 valence electrons. The van der Waals surface area contributed by atoms with Gasteiger partial charge in [0.1, 0.15) is 18.1 Å². The maximum Gasteiger partial charge on any atom is 0.230 e. The number of ether oxygens (including phenoxy) is 3. The van der Waals surface area contributed by atoms with Crippen LogP contribution in [0.15, 0.2) is 113 Å². The van der Waals surface area contributed by atoms with Crippen LogP contribution >= 0.6 is 23.5 Å². The molecule has 0 aromatic heterocycles. The van der Waals surface area contributed by atoms with Crippen LogP contribution in [0, 0.1) is 17.8 Å². The predicted octanol–water partition coefficient (Wildman–Crippen LogP) is 9.44. The Hall–Kier alpha value is -3.21. The normalized spacial score (nSPS) is 25.2. The lowest BCUT2D eigenvalue weighted by molar-refractivity contribution is -0.223. The standard InChI is InChI=1S/C44H55NO6S2/c1-3-25-49-44-41(52-4-2)30-39(45-50-31-32-15-7-5-8-16-32)37-28-33(17-11-13-23-46)36(20-12-14-24-47)42(43(37)44)38-29-34(21-22-40(38)51-44)48-26-27-53-35-18-9-6-10-19-35/h3,5-10,15-16,18-19,21-22,28-29,33,36,41-43,46-47H,1,4,11-14,17,20,23-27,30-31H2,2H3. The molecule has 0 amide bonds. The van der Waals surface area contributed by atoms with Gasteiger partial charge in [0.25, 0.3) is 0 Å². The molecule has 6 unspecified atom stereocenters. The molecule has 3 aromatic rings. The molecule has 0 saturated heterocycles. The Morgan fingerprint density at radius 2 is 1.72 bits per heavy atom. The maximum absolute atomic E-state index is 9.86. The van der Waals surface area contributed by atoms with Crippen molar-refractivity contribution in [2.75, 3.05) is 37.9 Å². The minimum atomic E-state index is -0.948. The van der Waals surface area contributed by atoms with Crippen LogP contribution in [0.2, 0.25) is 0 Å². The molecule has 0 bridgehead atoms. The topological polar surface area (TPSA) is 89.7 Å². The third kappa shape index (κ3) is 9.54. The molecule has 0 radical (unpaired) electrons. The zero-order chi connectivity index (χ0) is 36.9. The minimum absolute atomic E-state index is 0.0423. The Morgan fingerprint density at radius 3 is 2.45 bits per heavy atom. The van der Waals surface area contributed by atoms with E-state index in [1.807, 2.05) is 48.2 Å². The summed E-state index contributed by atoms with van der Waals surface area (Å²) in [6.07, 6.45) is 10.2. The van der Waals surface area contributed by atoms with Gasteiger partial charge in [-0.1, -0.05) is 85.6 Å². The van der Waals surface area contributed by atoms with Gasteiger partial charge in [-0.25, -0.2) is 0 Å². The van der Waals surface area contributed by atoms with E-state index in [-0.39, 0.29) is 42.1 Å². The highest BCUT2D eigenvalue weighted by atomic mass is 32.2. The zero-order valence-electron chi connectivity index (χ0n) is 30.9. The van der Waals surface area contributed by atoms with E-state index in [9.17, 15) is 10.2 Å². The lowest BCUT2D eigenvalue weighted by Crippen LogP contribution is -2.64. The zero-order valence-corrected chi connectivity index (χ0v) is 32.6. The van der Waals surface area contributed by atoms with E-state index in [1.165, 1.54) is 4.90 Å². The van der Waals surface area contributed by atoms with Crippen LogP contribution in [0.5, 0.6) is 11.5 Å². The molecule has 2 aliphatic carbocycles. The number of unbranched alkanes of at least 4 members (excludes halogenated alkanes) is 2. The SMILES string of the molecule is C=CCOC12Oc3ccc(OCCSc4ccccc4)cc3C3C(CCCCO)C(CCCCO)C=C(C(=NOCc4ccccc4)CC1SCC)C32. The molecule has 3 aromatic carbocycles. The number of nitrogens with zero attached hydrogens (tertiary/aromatic N) is 1. The summed E-state index contributed by atoms with van der Waals surface area (Å²) in [5.74, 6) is 2.84. The van der Waals surface area contributed by atoms with E-state index in [4.69, 9.17) is 24.2 Å². The molecule has 1 fully saturated rings. The van der Waals surface area contributed by atoms with Gasteiger partial charge in [0.2, 0.25) is 5.79 Å². The molecule has 53 heavy (non-hydrogen) atoms. The largest absolute Gasteiger partial charge is 0.493 e. The number of fused-ring (bicyclic) bond motifs is 2. The molecule has 6 rings (SSSR count). The average molecular weight is 758 g/mol. The molecule has 9 heteroatoms. The van der Waals surface area contributed by atoms with E-state index in [2.05, 4.69) is 68.1 Å². The summed E-state index contributed by atoms with van der Waals surface area (Å²) in [6, 6.07) is 26.9. The fourth-order valence-corrected chi connectivity index (χ4v) is 10.3. The first-order chi connectivity index (χ1) is 26.1. The molecular weight excluding hydrogens is 703 g/mol. The van der Waals surface area contributed by atoms with E-state index < -0.39 is 5.79 Å². The highest BCUT2D eigenvalue weighted by molar-refractivity contribution is 8.00. The van der Waals surface area contributed by atoms with E-state index in [0.29, 0.717) is 26.2 Å². The number of allylic oxidation sites excluding steroid dienone is 1. The van der Waals surface area contributed by atoms with E-state index in [1.54, 1.807) is 11.8 Å².